The van der Waals surface area contributed by atoms with E-state index in [4.69, 9.17) is 0 Å². The van der Waals surface area contributed by atoms with Gasteiger partial charge in [-0.3, -0.25) is 0 Å². The molecule has 5 nitrogen and oxygen atoms in total. The van der Waals surface area contributed by atoms with Crippen LogP contribution in [0, 0.1) is 0 Å². The van der Waals surface area contributed by atoms with Crippen LogP contribution in [0.1, 0.15) is 36.8 Å². The Balaban J connectivity index is 1.49. The number of aromatic nitrogens is 1. The predicted molar refractivity (Wildman–Crippen MR) is 108 cm³/mol. The number of nitrogens with zero attached hydrogens (tertiary/aromatic N) is 3. The van der Waals surface area contributed by atoms with Crippen LogP contribution >= 0.6 is 0 Å². The fourth-order valence-corrected chi connectivity index (χ4v) is 5.65. The van der Waals surface area contributed by atoms with Crippen molar-refractivity contribution < 1.29 is 8.42 Å². The maximum absolute atomic E-state index is 12.8. The van der Waals surface area contributed by atoms with Gasteiger partial charge < -0.3 is 4.90 Å². The van der Waals surface area contributed by atoms with Crippen molar-refractivity contribution in [2.45, 2.75) is 49.5 Å². The Bertz CT molecular complexity index is 890. The molecule has 4 rings (SSSR count). The van der Waals surface area contributed by atoms with Crippen LogP contribution in [0.5, 0.6) is 0 Å². The molecule has 1 aromatic heterocycles. The van der Waals surface area contributed by atoms with Crippen molar-refractivity contribution in [1.82, 2.24) is 9.29 Å². The van der Waals surface area contributed by atoms with Crippen molar-refractivity contribution in [2.75, 3.05) is 25.0 Å². The molecule has 0 N–H and O–H groups in total. The molecule has 1 aliphatic heterocycles. The molecule has 2 aromatic rings. The molecule has 144 valence electrons. The molecule has 0 saturated carbocycles. The Hall–Kier alpha value is -1.92. The summed E-state index contributed by atoms with van der Waals surface area (Å²) in [6.07, 6.45) is 7.68. The van der Waals surface area contributed by atoms with Gasteiger partial charge in [0, 0.05) is 32.4 Å². The second-order valence-electron chi connectivity index (χ2n) is 7.59. The highest BCUT2D eigenvalue weighted by Crippen LogP contribution is 2.27. The number of hydrogen-bond donors (Lipinski definition) is 0. The number of likely N-dealkylation sites (N-methyl/N-ethyl adjacent to an activating group) is 1. The number of pyridine rings is 1. The highest BCUT2D eigenvalue weighted by Gasteiger charge is 2.27. The van der Waals surface area contributed by atoms with Gasteiger partial charge in [0.15, 0.2) is 0 Å². The number of benzene rings is 1. The lowest BCUT2D eigenvalue weighted by molar-refractivity contribution is 0.346. The first-order chi connectivity index (χ1) is 13.1. The summed E-state index contributed by atoms with van der Waals surface area (Å²) in [5, 5.41) is 0. The van der Waals surface area contributed by atoms with E-state index < -0.39 is 10.0 Å². The van der Waals surface area contributed by atoms with Crippen LogP contribution in [-0.2, 0) is 22.9 Å². The summed E-state index contributed by atoms with van der Waals surface area (Å²) in [5.74, 6) is 0.831. The van der Waals surface area contributed by atoms with Gasteiger partial charge in [-0.2, -0.15) is 4.31 Å². The van der Waals surface area contributed by atoms with Crippen molar-refractivity contribution in [1.29, 1.82) is 0 Å². The van der Waals surface area contributed by atoms with E-state index in [1.165, 1.54) is 17.3 Å². The first-order valence-corrected chi connectivity index (χ1v) is 11.3. The highest BCUT2D eigenvalue weighted by atomic mass is 32.2. The maximum Gasteiger partial charge on any atom is 0.244 e. The van der Waals surface area contributed by atoms with Crippen LogP contribution in [0.15, 0.2) is 47.5 Å². The predicted octanol–water partition coefficient (Wildman–Crippen LogP) is 3.25. The second-order valence-corrected chi connectivity index (χ2v) is 9.53. The Morgan fingerprint density at radius 2 is 1.78 bits per heavy atom. The Labute approximate surface area is 162 Å². The van der Waals surface area contributed by atoms with Gasteiger partial charge >= 0.3 is 0 Å². The van der Waals surface area contributed by atoms with E-state index in [9.17, 15) is 8.42 Å². The molecule has 1 atom stereocenters. The van der Waals surface area contributed by atoms with Crippen molar-refractivity contribution in [2.24, 2.45) is 0 Å². The fraction of sp³-hybridized carbons (Fsp3) is 0.476. The smallest absolute Gasteiger partial charge is 0.244 e. The first-order valence-electron chi connectivity index (χ1n) is 9.81. The summed E-state index contributed by atoms with van der Waals surface area (Å²) in [7, 11) is -1.36. The number of anilines is 1. The van der Waals surface area contributed by atoms with Gasteiger partial charge in [-0.05, 0) is 55.4 Å². The number of sulfonamides is 1. The molecule has 1 aliphatic carbocycles. The molecule has 0 amide bonds. The summed E-state index contributed by atoms with van der Waals surface area (Å²) in [5.41, 5.74) is 2.85. The third-order valence-electron chi connectivity index (χ3n) is 5.90. The fourth-order valence-electron chi connectivity index (χ4n) is 4.18. The minimum absolute atomic E-state index is 0.301. The molecular formula is C21H27N3O2S. The highest BCUT2D eigenvalue weighted by molar-refractivity contribution is 7.89. The van der Waals surface area contributed by atoms with Gasteiger partial charge in [-0.1, -0.05) is 30.7 Å². The lowest BCUT2D eigenvalue weighted by atomic mass is 9.88. The van der Waals surface area contributed by atoms with Crippen molar-refractivity contribution in [3.63, 3.8) is 0 Å². The molecule has 2 aliphatic rings. The third-order valence-corrected chi connectivity index (χ3v) is 7.79. The van der Waals surface area contributed by atoms with Crippen molar-refractivity contribution in [3.8, 4) is 0 Å². The normalized spacial score (nSPS) is 20.9. The summed E-state index contributed by atoms with van der Waals surface area (Å²) in [6, 6.07) is 12.6. The molecule has 2 heterocycles. The number of piperidine rings is 1. The zero-order chi connectivity index (χ0) is 18.9. The minimum Gasteiger partial charge on any atom is -0.356 e. The van der Waals surface area contributed by atoms with Crippen LogP contribution in [0.3, 0.4) is 0 Å². The van der Waals surface area contributed by atoms with Crippen LogP contribution in [0.25, 0.3) is 0 Å². The molecular weight excluding hydrogens is 358 g/mol. The van der Waals surface area contributed by atoms with E-state index in [0.29, 0.717) is 24.0 Å². The topological polar surface area (TPSA) is 53.5 Å². The van der Waals surface area contributed by atoms with Gasteiger partial charge in [-0.25, -0.2) is 13.4 Å². The Morgan fingerprint density at radius 1 is 1.04 bits per heavy atom. The van der Waals surface area contributed by atoms with E-state index in [0.717, 1.165) is 44.3 Å². The molecule has 1 fully saturated rings. The summed E-state index contributed by atoms with van der Waals surface area (Å²) in [4.78, 5) is 6.98. The van der Waals surface area contributed by atoms with E-state index in [1.54, 1.807) is 10.4 Å². The average molecular weight is 386 g/mol. The molecule has 0 spiro atoms. The number of hydrogen-bond acceptors (Lipinski definition) is 4. The van der Waals surface area contributed by atoms with Crippen LogP contribution < -0.4 is 4.90 Å². The molecule has 27 heavy (non-hydrogen) atoms. The third kappa shape index (κ3) is 3.73. The van der Waals surface area contributed by atoms with E-state index in [-0.39, 0.29) is 0 Å². The summed E-state index contributed by atoms with van der Waals surface area (Å²) >= 11 is 0. The standard InChI is InChI=1S/C21H27N3O2S/c1-23(19-10-9-17-7-3-4-8-18(17)15-19)21-12-11-20(16-22-21)27(25,26)24-13-5-2-6-14-24/h3-4,7-8,11-12,16,19H,2,5-6,9-10,13-15H2,1H3. The Kier molecular flexibility index (Phi) is 5.19. The summed E-state index contributed by atoms with van der Waals surface area (Å²) in [6.45, 7) is 1.23. The van der Waals surface area contributed by atoms with Crippen molar-refractivity contribution >= 4 is 15.8 Å². The zero-order valence-corrected chi connectivity index (χ0v) is 16.7. The van der Waals surface area contributed by atoms with E-state index in [2.05, 4.69) is 41.2 Å². The lowest BCUT2D eigenvalue weighted by Gasteiger charge is -2.33. The average Bonchev–Trinajstić information content (AvgIpc) is 2.73. The molecule has 1 saturated heterocycles. The molecule has 0 radical (unpaired) electrons. The van der Waals surface area contributed by atoms with Crippen LogP contribution in [0.4, 0.5) is 5.82 Å². The number of rotatable bonds is 4. The van der Waals surface area contributed by atoms with E-state index in [1.807, 2.05) is 6.07 Å². The van der Waals surface area contributed by atoms with Gasteiger partial charge in [0.05, 0.1) is 0 Å². The largest absolute Gasteiger partial charge is 0.356 e. The number of fused-ring (bicyclic) bond motifs is 1. The molecule has 1 aromatic carbocycles. The van der Waals surface area contributed by atoms with Gasteiger partial charge in [-0.15, -0.1) is 0 Å². The summed E-state index contributed by atoms with van der Waals surface area (Å²) < 4.78 is 27.2. The van der Waals surface area contributed by atoms with Gasteiger partial charge in [0.1, 0.15) is 10.7 Å². The first kappa shape index (κ1) is 18.4. The van der Waals surface area contributed by atoms with Gasteiger partial charge in [0.2, 0.25) is 10.0 Å². The van der Waals surface area contributed by atoms with Crippen molar-refractivity contribution in [3.05, 3.63) is 53.7 Å². The quantitative estimate of drug-likeness (QED) is 0.811. The zero-order valence-electron chi connectivity index (χ0n) is 15.8. The molecule has 1 unspecified atom stereocenters. The van der Waals surface area contributed by atoms with Crippen LogP contribution in [-0.4, -0.2) is 43.9 Å². The maximum atomic E-state index is 12.8. The Morgan fingerprint density at radius 3 is 2.48 bits per heavy atom. The minimum atomic E-state index is -3.42. The molecule has 0 bridgehead atoms. The van der Waals surface area contributed by atoms with Crippen LogP contribution in [0.2, 0.25) is 0 Å². The molecule has 6 heteroatoms. The lowest BCUT2D eigenvalue weighted by Crippen LogP contribution is -2.37. The second kappa shape index (κ2) is 7.60. The van der Waals surface area contributed by atoms with E-state index >= 15 is 0 Å². The monoisotopic (exact) mass is 385 g/mol. The number of aryl methyl sites for hydroxylation is 1. The van der Waals surface area contributed by atoms with Gasteiger partial charge in [0.25, 0.3) is 0 Å². The SMILES string of the molecule is CN(c1ccc(S(=O)(=O)N2CCCCC2)cn1)C1CCc2ccccc2C1.